The molecule has 4 aromatic rings. The van der Waals surface area contributed by atoms with Crippen molar-refractivity contribution in [3.63, 3.8) is 0 Å². The van der Waals surface area contributed by atoms with Gasteiger partial charge in [-0.05, 0) is 104 Å². The van der Waals surface area contributed by atoms with Gasteiger partial charge in [-0.15, -0.1) is 0 Å². The molecule has 3 heteroatoms. The quantitative estimate of drug-likeness (QED) is 0.323. The molecule has 0 saturated heterocycles. The second kappa shape index (κ2) is 6.77. The average molecular weight is 415 g/mol. The third-order valence-electron chi connectivity index (χ3n) is 6.77. The Labute approximate surface area is 190 Å². The number of hydrogen-bond donors (Lipinski definition) is 0. The lowest BCUT2D eigenvalue weighted by molar-refractivity contribution is 0.487. The normalized spacial score (nSPS) is 13.3. The molecule has 0 N–H and O–H groups in total. The van der Waals surface area contributed by atoms with Crippen molar-refractivity contribution in [1.82, 2.24) is 0 Å². The molecule has 4 aromatic carbocycles. The minimum Gasteiger partial charge on any atom is -0.458 e. The van der Waals surface area contributed by atoms with Crippen LogP contribution in [-0.4, -0.2) is 6.71 Å². The number of ether oxygens (including phenoxy) is 1. The Morgan fingerprint density at radius 3 is 2.16 bits per heavy atom. The molecular formula is C29H26BNO. The van der Waals surface area contributed by atoms with Crippen LogP contribution < -0.4 is 26.0 Å². The van der Waals surface area contributed by atoms with Crippen LogP contribution in [0.1, 0.15) is 27.8 Å². The first-order valence-electron chi connectivity index (χ1n) is 11.3. The van der Waals surface area contributed by atoms with E-state index in [-0.39, 0.29) is 6.71 Å². The number of rotatable bonds is 1. The van der Waals surface area contributed by atoms with E-state index in [1.807, 2.05) is 0 Å². The number of anilines is 3. The summed E-state index contributed by atoms with van der Waals surface area (Å²) in [4.78, 5) is 2.44. The van der Waals surface area contributed by atoms with Gasteiger partial charge in [0.25, 0.3) is 6.71 Å². The topological polar surface area (TPSA) is 12.5 Å². The van der Waals surface area contributed by atoms with E-state index in [4.69, 9.17) is 4.74 Å². The first-order valence-corrected chi connectivity index (χ1v) is 11.3. The van der Waals surface area contributed by atoms with E-state index in [1.165, 1.54) is 61.3 Å². The molecule has 2 heterocycles. The number of benzene rings is 4. The predicted molar refractivity (Wildman–Crippen MR) is 136 cm³/mol. The van der Waals surface area contributed by atoms with Gasteiger partial charge >= 0.3 is 0 Å². The molecule has 0 bridgehead atoms. The molecule has 0 fully saturated rings. The lowest BCUT2D eigenvalue weighted by Crippen LogP contribution is -2.60. The van der Waals surface area contributed by atoms with E-state index < -0.39 is 0 Å². The van der Waals surface area contributed by atoms with Crippen molar-refractivity contribution in [1.29, 1.82) is 0 Å². The maximum atomic E-state index is 6.46. The molecule has 0 saturated carbocycles. The van der Waals surface area contributed by atoms with Gasteiger partial charge in [0, 0.05) is 17.1 Å². The molecule has 0 aromatic heterocycles. The highest BCUT2D eigenvalue weighted by Crippen LogP contribution is 2.41. The second-order valence-corrected chi connectivity index (χ2v) is 9.46. The van der Waals surface area contributed by atoms with Gasteiger partial charge in [0.1, 0.15) is 11.5 Å². The van der Waals surface area contributed by atoms with Crippen LogP contribution in [0.3, 0.4) is 0 Å². The van der Waals surface area contributed by atoms with Crippen LogP contribution in [0.2, 0.25) is 0 Å². The summed E-state index contributed by atoms with van der Waals surface area (Å²) >= 11 is 0. The Morgan fingerprint density at radius 1 is 0.625 bits per heavy atom. The summed E-state index contributed by atoms with van der Waals surface area (Å²) in [6.45, 7) is 11.1. The van der Waals surface area contributed by atoms with Gasteiger partial charge < -0.3 is 9.64 Å². The summed E-state index contributed by atoms with van der Waals surface area (Å²) in [5.41, 5.74) is 14.0. The summed E-state index contributed by atoms with van der Waals surface area (Å²) in [5, 5.41) is 0. The van der Waals surface area contributed by atoms with Crippen molar-refractivity contribution in [2.75, 3.05) is 4.90 Å². The molecule has 2 aliphatic rings. The molecule has 6 rings (SSSR count). The Morgan fingerprint density at radius 2 is 1.38 bits per heavy atom. The zero-order valence-electron chi connectivity index (χ0n) is 19.3. The van der Waals surface area contributed by atoms with Crippen LogP contribution in [0.5, 0.6) is 11.5 Å². The molecule has 0 spiro atoms. The Kier molecular flexibility index (Phi) is 4.07. The fourth-order valence-corrected chi connectivity index (χ4v) is 5.67. The van der Waals surface area contributed by atoms with Crippen molar-refractivity contribution < 1.29 is 4.74 Å². The highest BCUT2D eigenvalue weighted by atomic mass is 16.5. The lowest BCUT2D eigenvalue weighted by Gasteiger charge is -2.41. The summed E-state index contributed by atoms with van der Waals surface area (Å²) in [6, 6.07) is 24.5. The van der Waals surface area contributed by atoms with Gasteiger partial charge in [-0.2, -0.15) is 0 Å². The molecule has 2 aliphatic heterocycles. The average Bonchev–Trinajstić information content (AvgIpc) is 2.73. The molecule has 0 atom stereocenters. The molecule has 0 amide bonds. The largest absolute Gasteiger partial charge is 0.458 e. The minimum absolute atomic E-state index is 0.169. The molecule has 2 nitrogen and oxygen atoms in total. The van der Waals surface area contributed by atoms with E-state index in [0.29, 0.717) is 0 Å². The first kappa shape index (κ1) is 19.2. The van der Waals surface area contributed by atoms with Gasteiger partial charge in [-0.25, -0.2) is 0 Å². The van der Waals surface area contributed by atoms with E-state index >= 15 is 0 Å². The predicted octanol–water partition coefficient (Wildman–Crippen LogP) is 5.63. The highest BCUT2D eigenvalue weighted by Gasteiger charge is 2.42. The third-order valence-corrected chi connectivity index (χ3v) is 6.77. The molecule has 156 valence electrons. The number of aryl methyl sites for hydroxylation is 5. The summed E-state index contributed by atoms with van der Waals surface area (Å²) < 4.78 is 6.46. The zero-order valence-corrected chi connectivity index (χ0v) is 19.3. The van der Waals surface area contributed by atoms with Gasteiger partial charge in [0.2, 0.25) is 0 Å². The fourth-order valence-electron chi connectivity index (χ4n) is 5.67. The number of nitrogens with zero attached hydrogens (tertiary/aromatic N) is 1. The van der Waals surface area contributed by atoms with Crippen LogP contribution in [0.25, 0.3) is 0 Å². The summed E-state index contributed by atoms with van der Waals surface area (Å²) in [6.07, 6.45) is 0. The van der Waals surface area contributed by atoms with Crippen molar-refractivity contribution >= 4 is 40.2 Å². The van der Waals surface area contributed by atoms with Crippen LogP contribution in [0, 0.1) is 34.6 Å². The smallest absolute Gasteiger partial charge is 0.256 e. The monoisotopic (exact) mass is 415 g/mol. The van der Waals surface area contributed by atoms with Crippen LogP contribution in [0.15, 0.2) is 66.7 Å². The van der Waals surface area contributed by atoms with Crippen molar-refractivity contribution in [3.8, 4) is 11.5 Å². The summed E-state index contributed by atoms with van der Waals surface area (Å²) in [7, 11) is 0. The van der Waals surface area contributed by atoms with Gasteiger partial charge in [-0.3, -0.25) is 0 Å². The highest BCUT2D eigenvalue weighted by molar-refractivity contribution is 6.99. The van der Waals surface area contributed by atoms with Crippen LogP contribution in [-0.2, 0) is 0 Å². The standard InChI is InChI=1S/C29H26BNO/c1-17-9-10-26-23(15-17)30-28-21(5)12-20(4)16-25(28)31(22-13-18(2)11-19(3)14-22)24-7-6-8-27(32-26)29(24)30/h6-16H,1-5H3. The fraction of sp³-hybridized carbons (Fsp3) is 0.172. The SMILES string of the molecule is Cc1cc(C)cc(N2c3cc(C)cc(C)c3B3c4cc(C)ccc4Oc4cccc2c43)c1. The van der Waals surface area contributed by atoms with Gasteiger partial charge in [0.05, 0.1) is 0 Å². The van der Waals surface area contributed by atoms with E-state index in [2.05, 4.69) is 106 Å². The molecule has 32 heavy (non-hydrogen) atoms. The Hall–Kier alpha value is -3.46. The van der Waals surface area contributed by atoms with Crippen LogP contribution in [0.4, 0.5) is 17.1 Å². The second-order valence-electron chi connectivity index (χ2n) is 9.46. The van der Waals surface area contributed by atoms with Gasteiger partial charge in [-0.1, -0.05) is 41.5 Å². The number of fused-ring (bicyclic) bond motifs is 4. The van der Waals surface area contributed by atoms with Crippen molar-refractivity contribution in [3.05, 3.63) is 94.5 Å². The molecule has 0 aliphatic carbocycles. The van der Waals surface area contributed by atoms with Crippen LogP contribution >= 0.6 is 0 Å². The zero-order chi connectivity index (χ0) is 22.1. The van der Waals surface area contributed by atoms with E-state index in [1.54, 1.807) is 0 Å². The third kappa shape index (κ3) is 2.74. The first-order chi connectivity index (χ1) is 15.4. The number of hydrogen-bond acceptors (Lipinski definition) is 2. The molecular weight excluding hydrogens is 389 g/mol. The van der Waals surface area contributed by atoms with Crippen molar-refractivity contribution in [2.45, 2.75) is 34.6 Å². The van der Waals surface area contributed by atoms with E-state index in [0.717, 1.165) is 11.5 Å². The Balaban J connectivity index is 1.73. The maximum Gasteiger partial charge on any atom is 0.256 e. The minimum atomic E-state index is 0.169. The van der Waals surface area contributed by atoms with Crippen molar-refractivity contribution in [2.24, 2.45) is 0 Å². The molecule has 0 unspecified atom stereocenters. The maximum absolute atomic E-state index is 6.46. The molecule has 0 radical (unpaired) electrons. The van der Waals surface area contributed by atoms with E-state index in [9.17, 15) is 0 Å². The van der Waals surface area contributed by atoms with Gasteiger partial charge in [0.15, 0.2) is 0 Å². The summed E-state index contributed by atoms with van der Waals surface area (Å²) in [5.74, 6) is 1.93. The lowest BCUT2D eigenvalue weighted by atomic mass is 9.33. The Bertz CT molecular complexity index is 1400.